The third-order valence-corrected chi connectivity index (χ3v) is 5.21. The maximum atomic E-state index is 12.8. The van der Waals surface area contributed by atoms with E-state index in [1.54, 1.807) is 7.11 Å². The monoisotopic (exact) mass is 382 g/mol. The van der Waals surface area contributed by atoms with Crippen molar-refractivity contribution in [3.8, 4) is 11.5 Å². The van der Waals surface area contributed by atoms with E-state index in [9.17, 15) is 4.79 Å². The van der Waals surface area contributed by atoms with Gasteiger partial charge in [-0.25, -0.2) is 4.79 Å². The maximum absolute atomic E-state index is 12.8. The molecule has 2 heterocycles. The van der Waals surface area contributed by atoms with Crippen LogP contribution in [0.15, 0.2) is 42.5 Å². The molecule has 2 aliphatic rings. The topological polar surface area (TPSA) is 60.0 Å². The summed E-state index contributed by atoms with van der Waals surface area (Å²) in [5, 5.41) is 3.06. The zero-order chi connectivity index (χ0) is 19.3. The molecule has 6 heteroatoms. The SMILES string of the molecule is COCc1cccc(CNC(=O)N2CCCC2c2ccc3c(c2)OCCO3)c1. The minimum absolute atomic E-state index is 0.0328. The highest BCUT2D eigenvalue weighted by Crippen LogP contribution is 2.38. The Kier molecular flexibility index (Phi) is 5.67. The summed E-state index contributed by atoms with van der Waals surface area (Å²) < 4.78 is 16.5. The van der Waals surface area contributed by atoms with E-state index in [1.165, 1.54) is 0 Å². The number of amides is 2. The van der Waals surface area contributed by atoms with Crippen LogP contribution in [0.3, 0.4) is 0 Å². The van der Waals surface area contributed by atoms with Crippen LogP contribution in [-0.2, 0) is 17.9 Å². The van der Waals surface area contributed by atoms with E-state index < -0.39 is 0 Å². The molecular weight excluding hydrogens is 356 g/mol. The second-order valence-corrected chi connectivity index (χ2v) is 7.17. The number of urea groups is 1. The maximum Gasteiger partial charge on any atom is 0.318 e. The quantitative estimate of drug-likeness (QED) is 0.858. The van der Waals surface area contributed by atoms with E-state index in [4.69, 9.17) is 14.2 Å². The Labute approximate surface area is 165 Å². The number of nitrogens with zero attached hydrogens (tertiary/aromatic N) is 1. The molecule has 0 saturated carbocycles. The predicted octanol–water partition coefficient (Wildman–Crippen LogP) is 3.65. The van der Waals surface area contributed by atoms with Crippen LogP contribution in [0.2, 0.25) is 0 Å². The van der Waals surface area contributed by atoms with Crippen molar-refractivity contribution < 1.29 is 19.0 Å². The zero-order valence-electron chi connectivity index (χ0n) is 16.1. The van der Waals surface area contributed by atoms with Gasteiger partial charge in [-0.2, -0.15) is 0 Å². The lowest BCUT2D eigenvalue weighted by atomic mass is 10.0. The number of nitrogens with one attached hydrogen (secondary N) is 1. The third-order valence-electron chi connectivity index (χ3n) is 5.21. The lowest BCUT2D eigenvalue weighted by molar-refractivity contribution is 0.170. The van der Waals surface area contributed by atoms with Crippen molar-refractivity contribution in [1.82, 2.24) is 10.2 Å². The molecule has 2 aromatic rings. The van der Waals surface area contributed by atoms with Crippen molar-refractivity contribution >= 4 is 6.03 Å². The normalized spacial score (nSPS) is 18.2. The van der Waals surface area contributed by atoms with E-state index in [0.29, 0.717) is 26.4 Å². The van der Waals surface area contributed by atoms with E-state index in [1.807, 2.05) is 41.3 Å². The average molecular weight is 382 g/mol. The summed E-state index contributed by atoms with van der Waals surface area (Å²) in [5.41, 5.74) is 3.27. The largest absolute Gasteiger partial charge is 0.486 e. The number of ether oxygens (including phenoxy) is 3. The summed E-state index contributed by atoms with van der Waals surface area (Å²) in [7, 11) is 1.68. The number of hydrogen-bond donors (Lipinski definition) is 1. The molecule has 1 N–H and O–H groups in total. The number of rotatable bonds is 5. The second-order valence-electron chi connectivity index (χ2n) is 7.17. The van der Waals surface area contributed by atoms with Crippen molar-refractivity contribution in [2.45, 2.75) is 32.0 Å². The lowest BCUT2D eigenvalue weighted by Crippen LogP contribution is -2.39. The van der Waals surface area contributed by atoms with Crippen molar-refractivity contribution in [3.05, 3.63) is 59.2 Å². The molecule has 148 valence electrons. The van der Waals surface area contributed by atoms with Crippen LogP contribution in [0.4, 0.5) is 4.79 Å². The van der Waals surface area contributed by atoms with Crippen molar-refractivity contribution in [3.63, 3.8) is 0 Å². The van der Waals surface area contributed by atoms with Gasteiger partial charge in [0.2, 0.25) is 0 Å². The molecule has 0 bridgehead atoms. The number of carbonyl (C=O) groups is 1. The number of fused-ring (bicyclic) bond motifs is 1. The Hall–Kier alpha value is -2.73. The van der Waals surface area contributed by atoms with E-state index in [-0.39, 0.29) is 12.1 Å². The Morgan fingerprint density at radius 3 is 2.82 bits per heavy atom. The smallest absolute Gasteiger partial charge is 0.318 e. The predicted molar refractivity (Wildman–Crippen MR) is 106 cm³/mol. The first kappa shape index (κ1) is 18.6. The highest BCUT2D eigenvalue weighted by molar-refractivity contribution is 5.75. The van der Waals surface area contributed by atoms with Gasteiger partial charge in [0.05, 0.1) is 12.6 Å². The number of likely N-dealkylation sites (tertiary alicyclic amines) is 1. The van der Waals surface area contributed by atoms with Crippen molar-refractivity contribution in [2.75, 3.05) is 26.9 Å². The van der Waals surface area contributed by atoms with E-state index in [0.717, 1.165) is 47.6 Å². The van der Waals surface area contributed by atoms with Crippen LogP contribution >= 0.6 is 0 Å². The van der Waals surface area contributed by atoms with Gasteiger partial charge in [-0.15, -0.1) is 0 Å². The molecule has 6 nitrogen and oxygen atoms in total. The molecule has 2 amide bonds. The Balaban J connectivity index is 1.41. The van der Waals surface area contributed by atoms with Gasteiger partial charge < -0.3 is 24.4 Å². The molecule has 0 spiro atoms. The van der Waals surface area contributed by atoms with Crippen LogP contribution in [0.5, 0.6) is 11.5 Å². The Bertz CT molecular complexity index is 839. The molecule has 1 atom stereocenters. The Morgan fingerprint density at radius 1 is 1.14 bits per heavy atom. The first-order valence-electron chi connectivity index (χ1n) is 9.75. The highest BCUT2D eigenvalue weighted by Gasteiger charge is 2.30. The zero-order valence-corrected chi connectivity index (χ0v) is 16.1. The fraction of sp³-hybridized carbons (Fsp3) is 0.409. The summed E-state index contributed by atoms with van der Waals surface area (Å²) >= 11 is 0. The number of hydrogen-bond acceptors (Lipinski definition) is 4. The van der Waals surface area contributed by atoms with Gasteiger partial charge in [0, 0.05) is 20.2 Å². The standard InChI is InChI=1S/C22H26N2O4/c1-26-15-17-5-2-4-16(12-17)14-23-22(25)24-9-3-6-19(24)18-7-8-20-21(13-18)28-11-10-27-20/h2,4-5,7-8,12-13,19H,3,6,9-11,14-15H2,1H3,(H,23,25). The fourth-order valence-corrected chi connectivity index (χ4v) is 3.90. The molecule has 1 unspecified atom stereocenters. The summed E-state index contributed by atoms with van der Waals surface area (Å²) in [6, 6.07) is 14.1. The van der Waals surface area contributed by atoms with E-state index >= 15 is 0 Å². The van der Waals surface area contributed by atoms with Gasteiger partial charge in [-0.1, -0.05) is 30.3 Å². The van der Waals surface area contributed by atoms with Gasteiger partial charge in [0.25, 0.3) is 0 Å². The highest BCUT2D eigenvalue weighted by atomic mass is 16.6. The fourth-order valence-electron chi connectivity index (χ4n) is 3.90. The number of carbonyl (C=O) groups excluding carboxylic acids is 1. The molecule has 1 saturated heterocycles. The minimum atomic E-state index is -0.0328. The van der Waals surface area contributed by atoms with Crippen LogP contribution in [0, 0.1) is 0 Å². The molecule has 2 aromatic carbocycles. The molecule has 28 heavy (non-hydrogen) atoms. The molecule has 0 aliphatic carbocycles. The summed E-state index contributed by atoms with van der Waals surface area (Å²) in [4.78, 5) is 14.8. The molecular formula is C22H26N2O4. The van der Waals surface area contributed by atoms with Gasteiger partial charge in [-0.3, -0.25) is 0 Å². The van der Waals surface area contributed by atoms with Gasteiger partial charge in [0.1, 0.15) is 13.2 Å². The summed E-state index contributed by atoms with van der Waals surface area (Å²) in [6.45, 7) is 2.97. The molecule has 2 aliphatic heterocycles. The van der Waals surface area contributed by atoms with Gasteiger partial charge in [-0.05, 0) is 41.7 Å². The van der Waals surface area contributed by atoms with Gasteiger partial charge >= 0.3 is 6.03 Å². The number of benzene rings is 2. The van der Waals surface area contributed by atoms with Crippen LogP contribution in [0.1, 0.15) is 35.6 Å². The van der Waals surface area contributed by atoms with Gasteiger partial charge in [0.15, 0.2) is 11.5 Å². The summed E-state index contributed by atoms with van der Waals surface area (Å²) in [5.74, 6) is 1.55. The average Bonchev–Trinajstić information content (AvgIpc) is 3.22. The lowest BCUT2D eigenvalue weighted by Gasteiger charge is -2.27. The summed E-state index contributed by atoms with van der Waals surface area (Å²) in [6.07, 6.45) is 1.95. The molecule has 1 fully saturated rings. The molecule has 0 aromatic heterocycles. The van der Waals surface area contributed by atoms with E-state index in [2.05, 4.69) is 11.4 Å². The molecule has 0 radical (unpaired) electrons. The first-order chi connectivity index (χ1) is 13.7. The van der Waals surface area contributed by atoms with Crippen LogP contribution < -0.4 is 14.8 Å². The number of methoxy groups -OCH3 is 1. The van der Waals surface area contributed by atoms with Crippen molar-refractivity contribution in [1.29, 1.82) is 0 Å². The minimum Gasteiger partial charge on any atom is -0.486 e. The van der Waals surface area contributed by atoms with Crippen LogP contribution in [0.25, 0.3) is 0 Å². The van der Waals surface area contributed by atoms with Crippen molar-refractivity contribution in [2.24, 2.45) is 0 Å². The third kappa shape index (κ3) is 4.07. The van der Waals surface area contributed by atoms with Crippen LogP contribution in [-0.4, -0.2) is 37.8 Å². The molecule has 4 rings (SSSR count). The second kappa shape index (κ2) is 8.52. The first-order valence-corrected chi connectivity index (χ1v) is 9.75. The Morgan fingerprint density at radius 2 is 1.96 bits per heavy atom.